The van der Waals surface area contributed by atoms with E-state index in [1.165, 1.54) is 0 Å². The standard InChI is InChI=1S/C19H33N3O4/c1-4-8-18(2,3)11-13(21-16(25)12-6-7-12)17(26)22-19(9-5-10-19)14(23)15(20)24/h12-14,23H,4-11H2,1-3H3,(H2,20,24)(H,21,25)(H,22,26)/t13-,14?/m0/s1. The van der Waals surface area contributed by atoms with E-state index in [0.717, 1.165) is 32.1 Å². The molecule has 3 amide bonds. The SMILES string of the molecule is CCCC(C)(C)C[C@H](NC(=O)C1CC1)C(=O)NC1(C(O)C(N)=O)CCC1. The molecular formula is C19H33N3O4. The zero-order valence-corrected chi connectivity index (χ0v) is 16.1. The number of nitrogens with two attached hydrogens (primary N) is 1. The largest absolute Gasteiger partial charge is 0.381 e. The number of rotatable bonds is 10. The highest BCUT2D eigenvalue weighted by molar-refractivity contribution is 5.90. The molecule has 0 aromatic heterocycles. The van der Waals surface area contributed by atoms with Crippen LogP contribution in [-0.4, -0.2) is 40.5 Å². The Balaban J connectivity index is 2.10. The normalized spacial score (nSPS) is 21.2. The summed E-state index contributed by atoms with van der Waals surface area (Å²) in [7, 11) is 0. The molecule has 148 valence electrons. The van der Waals surface area contributed by atoms with Crippen LogP contribution in [0.5, 0.6) is 0 Å². The van der Waals surface area contributed by atoms with Crippen molar-refractivity contribution in [2.45, 2.75) is 89.8 Å². The number of nitrogens with one attached hydrogen (secondary N) is 2. The molecule has 26 heavy (non-hydrogen) atoms. The van der Waals surface area contributed by atoms with Gasteiger partial charge in [-0.05, 0) is 50.4 Å². The molecule has 0 radical (unpaired) electrons. The van der Waals surface area contributed by atoms with Crippen LogP contribution in [-0.2, 0) is 14.4 Å². The minimum atomic E-state index is -1.41. The summed E-state index contributed by atoms with van der Waals surface area (Å²) in [5, 5.41) is 15.9. The van der Waals surface area contributed by atoms with Crippen LogP contribution < -0.4 is 16.4 Å². The van der Waals surface area contributed by atoms with Gasteiger partial charge in [-0.3, -0.25) is 14.4 Å². The van der Waals surface area contributed by atoms with Crippen molar-refractivity contribution in [1.29, 1.82) is 0 Å². The molecule has 2 aliphatic rings. The van der Waals surface area contributed by atoms with Crippen LogP contribution in [0.25, 0.3) is 0 Å². The number of carbonyl (C=O) groups is 3. The van der Waals surface area contributed by atoms with Gasteiger partial charge < -0.3 is 21.5 Å². The number of amides is 3. The maximum atomic E-state index is 13.0. The molecule has 7 nitrogen and oxygen atoms in total. The van der Waals surface area contributed by atoms with Gasteiger partial charge in [-0.15, -0.1) is 0 Å². The molecule has 0 aromatic rings. The molecule has 2 saturated carbocycles. The summed E-state index contributed by atoms with van der Waals surface area (Å²) in [5.41, 5.74) is 4.14. The summed E-state index contributed by atoms with van der Waals surface area (Å²) < 4.78 is 0. The van der Waals surface area contributed by atoms with Crippen molar-refractivity contribution < 1.29 is 19.5 Å². The van der Waals surface area contributed by atoms with Crippen LogP contribution in [0.4, 0.5) is 0 Å². The van der Waals surface area contributed by atoms with E-state index < -0.39 is 23.6 Å². The lowest BCUT2D eigenvalue weighted by molar-refractivity contribution is -0.140. The van der Waals surface area contributed by atoms with Crippen molar-refractivity contribution in [3.05, 3.63) is 0 Å². The highest BCUT2D eigenvalue weighted by Gasteiger charge is 2.48. The molecule has 2 fully saturated rings. The summed E-state index contributed by atoms with van der Waals surface area (Å²) in [6, 6.07) is -0.679. The summed E-state index contributed by atoms with van der Waals surface area (Å²) in [4.78, 5) is 36.6. The number of carbonyl (C=O) groups excluding carboxylic acids is 3. The van der Waals surface area contributed by atoms with Gasteiger partial charge in [-0.1, -0.05) is 27.2 Å². The first-order chi connectivity index (χ1) is 12.1. The first-order valence-electron chi connectivity index (χ1n) is 9.70. The van der Waals surface area contributed by atoms with Crippen molar-refractivity contribution in [2.24, 2.45) is 17.1 Å². The molecule has 7 heteroatoms. The van der Waals surface area contributed by atoms with E-state index in [9.17, 15) is 19.5 Å². The molecule has 0 aliphatic heterocycles. The van der Waals surface area contributed by atoms with Crippen molar-refractivity contribution in [1.82, 2.24) is 10.6 Å². The van der Waals surface area contributed by atoms with E-state index in [0.29, 0.717) is 19.3 Å². The molecule has 0 spiro atoms. The van der Waals surface area contributed by atoms with Crippen molar-refractivity contribution >= 4 is 17.7 Å². The first-order valence-corrected chi connectivity index (χ1v) is 9.70. The molecule has 0 aromatic carbocycles. The van der Waals surface area contributed by atoms with Crippen LogP contribution in [0.2, 0.25) is 0 Å². The quantitative estimate of drug-likeness (QED) is 0.460. The maximum absolute atomic E-state index is 13.0. The van der Waals surface area contributed by atoms with Gasteiger partial charge in [0.1, 0.15) is 6.04 Å². The number of aliphatic hydroxyl groups is 1. The predicted molar refractivity (Wildman–Crippen MR) is 97.9 cm³/mol. The minimum Gasteiger partial charge on any atom is -0.381 e. The lowest BCUT2D eigenvalue weighted by atomic mass is 9.72. The van der Waals surface area contributed by atoms with Gasteiger partial charge in [0.2, 0.25) is 17.7 Å². The number of hydrogen-bond donors (Lipinski definition) is 4. The highest BCUT2D eigenvalue weighted by Crippen LogP contribution is 2.36. The average molecular weight is 367 g/mol. The van der Waals surface area contributed by atoms with E-state index in [4.69, 9.17) is 5.73 Å². The minimum absolute atomic E-state index is 0.00783. The summed E-state index contributed by atoms with van der Waals surface area (Å²) in [6.45, 7) is 6.25. The maximum Gasteiger partial charge on any atom is 0.248 e. The Labute approximate surface area is 155 Å². The first kappa shape index (κ1) is 20.7. The second-order valence-corrected chi connectivity index (χ2v) is 8.76. The van der Waals surface area contributed by atoms with Gasteiger partial charge in [0.25, 0.3) is 0 Å². The molecule has 2 atom stereocenters. The van der Waals surface area contributed by atoms with Crippen LogP contribution in [0.1, 0.15) is 72.1 Å². The van der Waals surface area contributed by atoms with E-state index in [1.807, 2.05) is 0 Å². The summed E-state index contributed by atoms with van der Waals surface area (Å²) in [5.74, 6) is -1.26. The van der Waals surface area contributed by atoms with Crippen molar-refractivity contribution in [3.63, 3.8) is 0 Å². The van der Waals surface area contributed by atoms with E-state index >= 15 is 0 Å². The van der Waals surface area contributed by atoms with Gasteiger partial charge in [0, 0.05) is 5.92 Å². The molecular weight excluding hydrogens is 334 g/mol. The fourth-order valence-corrected chi connectivity index (χ4v) is 3.81. The van der Waals surface area contributed by atoms with Crippen LogP contribution >= 0.6 is 0 Å². The number of primary amides is 1. The summed E-state index contributed by atoms with van der Waals surface area (Å²) >= 11 is 0. The Kier molecular flexibility index (Phi) is 6.32. The molecule has 2 rings (SSSR count). The fraction of sp³-hybridized carbons (Fsp3) is 0.842. The zero-order chi connectivity index (χ0) is 19.5. The second-order valence-electron chi connectivity index (χ2n) is 8.76. The van der Waals surface area contributed by atoms with E-state index in [2.05, 4.69) is 31.4 Å². The van der Waals surface area contributed by atoms with Crippen molar-refractivity contribution in [3.8, 4) is 0 Å². The third-order valence-corrected chi connectivity index (χ3v) is 5.68. The zero-order valence-electron chi connectivity index (χ0n) is 16.1. The van der Waals surface area contributed by atoms with E-state index in [1.54, 1.807) is 0 Å². The Bertz CT molecular complexity index is 553. The topological polar surface area (TPSA) is 122 Å². The molecule has 0 saturated heterocycles. The number of hydrogen-bond acceptors (Lipinski definition) is 4. The lowest BCUT2D eigenvalue weighted by Gasteiger charge is -2.45. The van der Waals surface area contributed by atoms with Gasteiger partial charge in [-0.2, -0.15) is 0 Å². The third kappa shape index (κ3) is 4.96. The molecule has 5 N–H and O–H groups in total. The third-order valence-electron chi connectivity index (χ3n) is 5.68. The highest BCUT2D eigenvalue weighted by atomic mass is 16.3. The number of aliphatic hydroxyl groups excluding tert-OH is 1. The molecule has 0 bridgehead atoms. The Morgan fingerprint density at radius 1 is 1.27 bits per heavy atom. The molecule has 0 heterocycles. The van der Waals surface area contributed by atoms with Gasteiger partial charge in [0.05, 0.1) is 5.54 Å². The van der Waals surface area contributed by atoms with Crippen LogP contribution in [0.3, 0.4) is 0 Å². The van der Waals surface area contributed by atoms with Gasteiger partial charge in [-0.25, -0.2) is 0 Å². The molecule has 2 aliphatic carbocycles. The lowest BCUT2D eigenvalue weighted by Crippen LogP contribution is -2.67. The smallest absolute Gasteiger partial charge is 0.248 e. The van der Waals surface area contributed by atoms with Crippen LogP contribution in [0.15, 0.2) is 0 Å². The van der Waals surface area contributed by atoms with Crippen molar-refractivity contribution in [2.75, 3.05) is 0 Å². The molecule has 1 unspecified atom stereocenters. The van der Waals surface area contributed by atoms with Gasteiger partial charge >= 0.3 is 0 Å². The Hall–Kier alpha value is -1.63. The Morgan fingerprint density at radius 2 is 1.88 bits per heavy atom. The fourth-order valence-electron chi connectivity index (χ4n) is 3.81. The second kappa shape index (κ2) is 7.94. The Morgan fingerprint density at radius 3 is 2.31 bits per heavy atom. The predicted octanol–water partition coefficient (Wildman–Crippen LogP) is 0.983. The van der Waals surface area contributed by atoms with E-state index in [-0.39, 0.29) is 23.1 Å². The van der Waals surface area contributed by atoms with Crippen LogP contribution in [0, 0.1) is 11.3 Å². The van der Waals surface area contributed by atoms with Gasteiger partial charge in [0.15, 0.2) is 6.10 Å². The summed E-state index contributed by atoms with van der Waals surface area (Å²) in [6.07, 6.45) is 4.57. The average Bonchev–Trinajstić information content (AvgIpc) is 3.33. The monoisotopic (exact) mass is 367 g/mol.